The number of nitrogens with two attached hydrogens (primary N) is 1. The summed E-state index contributed by atoms with van der Waals surface area (Å²) in [6.45, 7) is 0.652. The number of carboxylic acid groups (broad SMARTS) is 1. The molecule has 5 nitrogen and oxygen atoms in total. The Morgan fingerprint density at radius 2 is 2.17 bits per heavy atom. The third kappa shape index (κ3) is 3.62. The van der Waals surface area contributed by atoms with Gasteiger partial charge in [-0.05, 0) is 18.8 Å². The number of carboxylic acids is 1. The molecule has 1 heterocycles. The van der Waals surface area contributed by atoms with Crippen molar-refractivity contribution in [2.24, 2.45) is 11.7 Å². The zero-order valence-electron chi connectivity index (χ0n) is 10.4. The largest absolute Gasteiger partial charge is 0.481 e. The fourth-order valence-corrected chi connectivity index (χ4v) is 3.43. The quantitative estimate of drug-likeness (QED) is 0.763. The second kappa shape index (κ2) is 5.93. The molecule has 2 atom stereocenters. The second-order valence-corrected chi connectivity index (χ2v) is 6.27. The van der Waals surface area contributed by atoms with Crippen LogP contribution in [0.2, 0.25) is 0 Å². The average Bonchev–Trinajstić information content (AvgIpc) is 3.12. The lowest BCUT2D eigenvalue weighted by atomic mass is 10.1. The van der Waals surface area contributed by atoms with Gasteiger partial charge in [0.05, 0.1) is 12.5 Å². The smallest absolute Gasteiger partial charge is 0.305 e. The number of hydrogen-bond acceptors (Lipinski definition) is 4. The molecule has 0 aromatic rings. The van der Waals surface area contributed by atoms with Crippen molar-refractivity contribution in [3.63, 3.8) is 0 Å². The zero-order valence-corrected chi connectivity index (χ0v) is 11.2. The van der Waals surface area contributed by atoms with Crippen molar-refractivity contribution in [2.75, 3.05) is 18.1 Å². The second-order valence-electron chi connectivity index (χ2n) is 5.12. The van der Waals surface area contributed by atoms with Gasteiger partial charge in [-0.25, -0.2) is 0 Å². The number of thioether (sulfide) groups is 1. The first-order valence-electron chi connectivity index (χ1n) is 6.42. The SMILES string of the molecule is NC(CC(=O)N1CCSCC1CC(=O)O)C1CC1. The van der Waals surface area contributed by atoms with Crippen molar-refractivity contribution in [3.8, 4) is 0 Å². The predicted octanol–water partition coefficient (Wildman–Crippen LogP) is 0.532. The molecule has 2 aliphatic rings. The number of aliphatic carboxylic acids is 1. The summed E-state index contributed by atoms with van der Waals surface area (Å²) in [6.07, 6.45) is 2.66. The minimum absolute atomic E-state index is 0.0287. The molecule has 2 unspecified atom stereocenters. The summed E-state index contributed by atoms with van der Waals surface area (Å²) < 4.78 is 0. The Kier molecular flexibility index (Phi) is 4.50. The topological polar surface area (TPSA) is 83.6 Å². The monoisotopic (exact) mass is 272 g/mol. The highest BCUT2D eigenvalue weighted by atomic mass is 32.2. The molecule has 1 aliphatic heterocycles. The van der Waals surface area contributed by atoms with E-state index in [2.05, 4.69) is 0 Å². The van der Waals surface area contributed by atoms with Gasteiger partial charge in [0.25, 0.3) is 0 Å². The van der Waals surface area contributed by atoms with Crippen molar-refractivity contribution in [1.82, 2.24) is 4.90 Å². The molecule has 0 spiro atoms. The summed E-state index contributed by atoms with van der Waals surface area (Å²) in [4.78, 5) is 24.7. The normalized spacial score (nSPS) is 25.8. The fraction of sp³-hybridized carbons (Fsp3) is 0.833. The lowest BCUT2D eigenvalue weighted by molar-refractivity contribution is -0.140. The highest BCUT2D eigenvalue weighted by Gasteiger charge is 2.34. The molecule has 102 valence electrons. The van der Waals surface area contributed by atoms with Gasteiger partial charge < -0.3 is 15.7 Å². The van der Waals surface area contributed by atoms with Crippen LogP contribution in [-0.2, 0) is 9.59 Å². The van der Waals surface area contributed by atoms with E-state index in [1.807, 2.05) is 0 Å². The number of carbonyl (C=O) groups excluding carboxylic acids is 1. The van der Waals surface area contributed by atoms with Crippen molar-refractivity contribution < 1.29 is 14.7 Å². The summed E-state index contributed by atoms with van der Waals surface area (Å²) in [7, 11) is 0. The van der Waals surface area contributed by atoms with Gasteiger partial charge in [0, 0.05) is 30.5 Å². The molecule has 1 amide bonds. The van der Waals surface area contributed by atoms with Gasteiger partial charge in [0.2, 0.25) is 5.91 Å². The number of carbonyl (C=O) groups is 2. The molecule has 6 heteroatoms. The fourth-order valence-electron chi connectivity index (χ4n) is 2.36. The van der Waals surface area contributed by atoms with Crippen LogP contribution in [0, 0.1) is 5.92 Å². The Labute approximate surface area is 111 Å². The first kappa shape index (κ1) is 13.7. The van der Waals surface area contributed by atoms with Gasteiger partial charge in [0.1, 0.15) is 0 Å². The van der Waals surface area contributed by atoms with E-state index in [1.54, 1.807) is 16.7 Å². The molecule has 3 N–H and O–H groups in total. The summed E-state index contributed by atoms with van der Waals surface area (Å²) in [5.74, 6) is 1.30. The Balaban J connectivity index is 1.90. The van der Waals surface area contributed by atoms with E-state index >= 15 is 0 Å². The van der Waals surface area contributed by atoms with Crippen LogP contribution in [0.5, 0.6) is 0 Å². The van der Waals surface area contributed by atoms with Crippen LogP contribution in [0.15, 0.2) is 0 Å². The third-order valence-corrected chi connectivity index (χ3v) is 4.69. The first-order valence-corrected chi connectivity index (χ1v) is 7.58. The lowest BCUT2D eigenvalue weighted by Gasteiger charge is -2.35. The van der Waals surface area contributed by atoms with E-state index in [0.29, 0.717) is 18.9 Å². The summed E-state index contributed by atoms with van der Waals surface area (Å²) >= 11 is 1.72. The van der Waals surface area contributed by atoms with Crippen LogP contribution >= 0.6 is 11.8 Å². The average molecular weight is 272 g/mol. The minimum Gasteiger partial charge on any atom is -0.481 e. The third-order valence-electron chi connectivity index (χ3n) is 3.60. The Morgan fingerprint density at radius 1 is 1.44 bits per heavy atom. The minimum atomic E-state index is -0.841. The number of amides is 1. The van der Waals surface area contributed by atoms with Gasteiger partial charge in [0.15, 0.2) is 0 Å². The standard InChI is InChI=1S/C12H20N2O3S/c13-10(8-1-2-8)6-11(15)14-3-4-18-7-9(14)5-12(16)17/h8-10H,1-7,13H2,(H,16,17). The summed E-state index contributed by atoms with van der Waals surface area (Å²) in [5, 5.41) is 8.87. The highest BCUT2D eigenvalue weighted by Crippen LogP contribution is 2.33. The molecule has 0 bridgehead atoms. The van der Waals surface area contributed by atoms with Crippen molar-refractivity contribution in [1.29, 1.82) is 0 Å². The summed E-state index contributed by atoms with van der Waals surface area (Å²) in [5.41, 5.74) is 5.96. The zero-order chi connectivity index (χ0) is 13.1. The molecular formula is C12H20N2O3S. The van der Waals surface area contributed by atoms with Crippen molar-refractivity contribution >= 4 is 23.6 Å². The molecule has 18 heavy (non-hydrogen) atoms. The van der Waals surface area contributed by atoms with Crippen LogP contribution in [-0.4, -0.2) is 52.0 Å². The van der Waals surface area contributed by atoms with Crippen molar-refractivity contribution in [3.05, 3.63) is 0 Å². The molecule has 1 saturated carbocycles. The van der Waals surface area contributed by atoms with E-state index in [-0.39, 0.29) is 24.4 Å². The molecule has 0 aromatic heterocycles. The van der Waals surface area contributed by atoms with Gasteiger partial charge >= 0.3 is 5.97 Å². The Morgan fingerprint density at radius 3 is 2.78 bits per heavy atom. The van der Waals surface area contributed by atoms with Crippen LogP contribution in [0.25, 0.3) is 0 Å². The van der Waals surface area contributed by atoms with Crippen LogP contribution in [0.4, 0.5) is 0 Å². The lowest BCUT2D eigenvalue weighted by Crippen LogP contribution is -2.48. The maximum atomic E-state index is 12.2. The van der Waals surface area contributed by atoms with Gasteiger partial charge in [-0.2, -0.15) is 11.8 Å². The molecule has 1 saturated heterocycles. The van der Waals surface area contributed by atoms with E-state index < -0.39 is 5.97 Å². The van der Waals surface area contributed by atoms with Crippen LogP contribution in [0.3, 0.4) is 0 Å². The number of rotatable bonds is 5. The van der Waals surface area contributed by atoms with E-state index in [4.69, 9.17) is 10.8 Å². The van der Waals surface area contributed by atoms with E-state index in [1.165, 1.54) is 0 Å². The molecule has 0 radical (unpaired) electrons. The van der Waals surface area contributed by atoms with Crippen LogP contribution < -0.4 is 5.73 Å². The molecule has 2 rings (SSSR count). The molecule has 1 aliphatic carbocycles. The predicted molar refractivity (Wildman–Crippen MR) is 70.4 cm³/mol. The number of nitrogens with zero attached hydrogens (tertiary/aromatic N) is 1. The van der Waals surface area contributed by atoms with Gasteiger partial charge in [-0.3, -0.25) is 9.59 Å². The maximum Gasteiger partial charge on any atom is 0.305 e. The Bertz CT molecular complexity index is 333. The molecule has 0 aromatic carbocycles. The van der Waals surface area contributed by atoms with Crippen molar-refractivity contribution in [2.45, 2.75) is 37.8 Å². The highest BCUT2D eigenvalue weighted by molar-refractivity contribution is 7.99. The van der Waals surface area contributed by atoms with Gasteiger partial charge in [-0.15, -0.1) is 0 Å². The van der Waals surface area contributed by atoms with Crippen LogP contribution in [0.1, 0.15) is 25.7 Å². The molecule has 2 fully saturated rings. The first-order chi connectivity index (χ1) is 8.58. The molecular weight excluding hydrogens is 252 g/mol. The van der Waals surface area contributed by atoms with E-state index in [9.17, 15) is 9.59 Å². The van der Waals surface area contributed by atoms with E-state index in [0.717, 1.165) is 24.3 Å². The number of hydrogen-bond donors (Lipinski definition) is 2. The van der Waals surface area contributed by atoms with Gasteiger partial charge in [-0.1, -0.05) is 0 Å². The maximum absolute atomic E-state index is 12.2. The Hall–Kier alpha value is -0.750. The summed E-state index contributed by atoms with van der Waals surface area (Å²) in [6, 6.07) is -0.210.